The van der Waals surface area contributed by atoms with Gasteiger partial charge in [0.1, 0.15) is 0 Å². The minimum absolute atomic E-state index is 0.0130. The van der Waals surface area contributed by atoms with Gasteiger partial charge in [0.25, 0.3) is 11.8 Å². The summed E-state index contributed by atoms with van der Waals surface area (Å²) in [7, 11) is 0. The summed E-state index contributed by atoms with van der Waals surface area (Å²) < 4.78 is 0. The molecule has 0 fully saturated rings. The van der Waals surface area contributed by atoms with Crippen LogP contribution in [0.2, 0.25) is 0 Å². The molecule has 0 unspecified atom stereocenters. The highest BCUT2D eigenvalue weighted by Gasteiger charge is 2.35. The van der Waals surface area contributed by atoms with Crippen LogP contribution in [0, 0.1) is 0 Å². The minimum atomic E-state index is -0.821. The van der Waals surface area contributed by atoms with Crippen LogP contribution in [0.4, 0.5) is 0 Å². The number of nitrogens with one attached hydrogen (secondary N) is 1. The second kappa shape index (κ2) is 6.95. The average Bonchev–Trinajstić information content (AvgIpc) is 2.86. The summed E-state index contributed by atoms with van der Waals surface area (Å²) in [6.45, 7) is 2.29. The van der Waals surface area contributed by atoms with Gasteiger partial charge in [-0.05, 0) is 24.6 Å². The lowest BCUT2D eigenvalue weighted by Gasteiger charge is -2.21. The molecular weight excluding hydrogens is 304 g/mol. The van der Waals surface area contributed by atoms with Crippen LogP contribution in [-0.2, 0) is 0 Å². The van der Waals surface area contributed by atoms with E-state index in [1.165, 1.54) is 0 Å². The van der Waals surface area contributed by atoms with E-state index in [-0.39, 0.29) is 24.4 Å². The monoisotopic (exact) mass is 324 g/mol. The number of aliphatic hydroxyl groups excluding tert-OH is 1. The van der Waals surface area contributed by atoms with Gasteiger partial charge < -0.3 is 10.4 Å². The van der Waals surface area contributed by atoms with Crippen molar-refractivity contribution in [2.75, 3.05) is 13.1 Å². The highest BCUT2D eigenvalue weighted by molar-refractivity contribution is 6.21. The molecule has 5 nitrogen and oxygen atoms in total. The van der Waals surface area contributed by atoms with E-state index < -0.39 is 6.10 Å². The lowest BCUT2D eigenvalue weighted by molar-refractivity contribution is 0.0541. The zero-order valence-electron chi connectivity index (χ0n) is 13.5. The van der Waals surface area contributed by atoms with Crippen molar-refractivity contribution in [3.05, 3.63) is 71.3 Å². The van der Waals surface area contributed by atoms with E-state index in [9.17, 15) is 14.7 Å². The molecule has 2 amide bonds. The van der Waals surface area contributed by atoms with Gasteiger partial charge in [0, 0.05) is 12.6 Å². The Morgan fingerprint density at radius 2 is 1.50 bits per heavy atom. The molecule has 24 heavy (non-hydrogen) atoms. The predicted molar refractivity (Wildman–Crippen MR) is 90.7 cm³/mol. The molecule has 3 rings (SSSR count). The fourth-order valence-corrected chi connectivity index (χ4v) is 2.85. The number of amides is 2. The Balaban J connectivity index is 1.57. The van der Waals surface area contributed by atoms with Crippen molar-refractivity contribution >= 4 is 11.8 Å². The zero-order valence-corrected chi connectivity index (χ0v) is 13.5. The predicted octanol–water partition coefficient (Wildman–Crippen LogP) is 1.99. The van der Waals surface area contributed by atoms with E-state index in [1.807, 2.05) is 37.3 Å². The standard InChI is InChI=1S/C19H20N2O3/c1-13(14-7-3-2-4-8-14)20-11-15(22)12-21-18(23)16-9-5-6-10-17(16)19(21)24/h2-10,13,15,20,22H,11-12H2,1H3/t13-,15+/m0/s1. The molecule has 124 valence electrons. The molecule has 0 radical (unpaired) electrons. The van der Waals surface area contributed by atoms with Gasteiger partial charge in [0.2, 0.25) is 0 Å². The van der Waals surface area contributed by atoms with E-state index >= 15 is 0 Å². The molecule has 2 aromatic carbocycles. The van der Waals surface area contributed by atoms with Gasteiger partial charge in [-0.15, -0.1) is 0 Å². The van der Waals surface area contributed by atoms with Gasteiger partial charge in [-0.2, -0.15) is 0 Å². The largest absolute Gasteiger partial charge is 0.390 e. The number of hydrogen-bond acceptors (Lipinski definition) is 4. The smallest absolute Gasteiger partial charge is 0.261 e. The fraction of sp³-hybridized carbons (Fsp3) is 0.263. The van der Waals surface area contributed by atoms with Crippen LogP contribution in [0.5, 0.6) is 0 Å². The molecule has 0 saturated heterocycles. The van der Waals surface area contributed by atoms with Crippen molar-refractivity contribution in [2.24, 2.45) is 0 Å². The molecule has 0 saturated carbocycles. The number of nitrogens with zero attached hydrogens (tertiary/aromatic N) is 1. The van der Waals surface area contributed by atoms with Crippen molar-refractivity contribution in [1.29, 1.82) is 0 Å². The number of fused-ring (bicyclic) bond motifs is 1. The number of imide groups is 1. The number of β-amino-alcohol motifs (C(OH)–C–C–N with tert-alkyl or cyclic N) is 1. The van der Waals surface area contributed by atoms with Crippen molar-refractivity contribution in [3.8, 4) is 0 Å². The first-order valence-electron chi connectivity index (χ1n) is 7.99. The molecule has 0 aliphatic carbocycles. The molecule has 1 aliphatic rings. The van der Waals surface area contributed by atoms with Gasteiger partial charge in [0.15, 0.2) is 0 Å². The third-order valence-corrected chi connectivity index (χ3v) is 4.23. The third kappa shape index (κ3) is 3.22. The Kier molecular flexibility index (Phi) is 4.74. The quantitative estimate of drug-likeness (QED) is 0.798. The van der Waals surface area contributed by atoms with Crippen LogP contribution in [0.15, 0.2) is 54.6 Å². The first-order chi connectivity index (χ1) is 11.6. The lowest BCUT2D eigenvalue weighted by Crippen LogP contribution is -2.41. The molecule has 5 heteroatoms. The first kappa shape index (κ1) is 16.4. The van der Waals surface area contributed by atoms with Gasteiger partial charge in [-0.25, -0.2) is 0 Å². The molecule has 0 bridgehead atoms. The summed E-state index contributed by atoms with van der Waals surface area (Å²) in [5, 5.41) is 13.4. The number of aliphatic hydroxyl groups is 1. The summed E-state index contributed by atoms with van der Waals surface area (Å²) >= 11 is 0. The topological polar surface area (TPSA) is 69.6 Å². The first-order valence-corrected chi connectivity index (χ1v) is 7.99. The normalized spacial score (nSPS) is 16.2. The van der Waals surface area contributed by atoms with Crippen LogP contribution >= 0.6 is 0 Å². The molecule has 0 spiro atoms. The maximum absolute atomic E-state index is 12.3. The Labute approximate surface area is 140 Å². The summed E-state index contributed by atoms with van der Waals surface area (Å²) in [5.41, 5.74) is 1.92. The van der Waals surface area contributed by atoms with E-state index in [0.717, 1.165) is 10.5 Å². The van der Waals surface area contributed by atoms with E-state index in [1.54, 1.807) is 24.3 Å². The lowest BCUT2D eigenvalue weighted by atomic mass is 10.1. The number of carbonyl (C=O) groups excluding carboxylic acids is 2. The summed E-state index contributed by atoms with van der Waals surface area (Å²) in [5.74, 6) is -0.684. The zero-order chi connectivity index (χ0) is 17.1. The van der Waals surface area contributed by atoms with Crippen LogP contribution < -0.4 is 5.32 Å². The van der Waals surface area contributed by atoms with Gasteiger partial charge in [0.05, 0.1) is 23.8 Å². The van der Waals surface area contributed by atoms with E-state index in [0.29, 0.717) is 17.7 Å². The average molecular weight is 324 g/mol. The molecular formula is C19H20N2O3. The summed E-state index contributed by atoms with van der Waals surface area (Å²) in [6, 6.07) is 16.7. The van der Waals surface area contributed by atoms with Crippen LogP contribution in [0.25, 0.3) is 0 Å². The second-order valence-electron chi connectivity index (χ2n) is 5.96. The summed E-state index contributed by atoms with van der Waals surface area (Å²) in [6.07, 6.45) is -0.821. The van der Waals surface area contributed by atoms with Gasteiger partial charge >= 0.3 is 0 Å². The maximum atomic E-state index is 12.3. The van der Waals surface area contributed by atoms with E-state index in [4.69, 9.17) is 0 Å². The molecule has 1 aliphatic heterocycles. The van der Waals surface area contributed by atoms with Crippen molar-refractivity contribution in [1.82, 2.24) is 10.2 Å². The highest BCUT2D eigenvalue weighted by Crippen LogP contribution is 2.22. The Bertz CT molecular complexity index is 710. The molecule has 2 aromatic rings. The highest BCUT2D eigenvalue weighted by atomic mass is 16.3. The van der Waals surface area contributed by atoms with Crippen LogP contribution in [0.3, 0.4) is 0 Å². The maximum Gasteiger partial charge on any atom is 0.261 e. The molecule has 2 N–H and O–H groups in total. The molecule has 1 heterocycles. The van der Waals surface area contributed by atoms with Crippen LogP contribution in [-0.4, -0.2) is 41.0 Å². The van der Waals surface area contributed by atoms with Gasteiger partial charge in [-0.3, -0.25) is 14.5 Å². The minimum Gasteiger partial charge on any atom is -0.390 e. The Hall–Kier alpha value is -2.50. The number of hydrogen-bond donors (Lipinski definition) is 2. The SMILES string of the molecule is C[C@H](NC[C@@H](O)CN1C(=O)c2ccccc2C1=O)c1ccccc1. The Morgan fingerprint density at radius 3 is 2.08 bits per heavy atom. The Morgan fingerprint density at radius 1 is 0.958 bits per heavy atom. The van der Waals surface area contributed by atoms with Crippen LogP contribution in [0.1, 0.15) is 39.2 Å². The van der Waals surface area contributed by atoms with Gasteiger partial charge in [-0.1, -0.05) is 42.5 Å². The number of rotatable bonds is 6. The van der Waals surface area contributed by atoms with E-state index in [2.05, 4.69) is 5.32 Å². The third-order valence-electron chi connectivity index (χ3n) is 4.23. The fourth-order valence-electron chi connectivity index (χ4n) is 2.85. The van der Waals surface area contributed by atoms with Crippen molar-refractivity contribution in [3.63, 3.8) is 0 Å². The molecule has 0 aromatic heterocycles. The van der Waals surface area contributed by atoms with Crippen molar-refractivity contribution in [2.45, 2.75) is 19.1 Å². The van der Waals surface area contributed by atoms with Crippen molar-refractivity contribution < 1.29 is 14.7 Å². The second-order valence-corrected chi connectivity index (χ2v) is 5.96. The number of benzene rings is 2. The molecule has 2 atom stereocenters. The summed E-state index contributed by atoms with van der Waals surface area (Å²) in [4.78, 5) is 25.7. The number of carbonyl (C=O) groups is 2.